The quantitative estimate of drug-likeness (QED) is 0.222. The van der Waals surface area contributed by atoms with Gasteiger partial charge in [0.15, 0.2) is 5.82 Å². The van der Waals surface area contributed by atoms with Gasteiger partial charge in [-0.05, 0) is 57.3 Å². The maximum absolute atomic E-state index is 5.24. The number of fused-ring (bicyclic) bond motifs is 4. The highest BCUT2D eigenvalue weighted by Gasteiger charge is 2.18. The van der Waals surface area contributed by atoms with Crippen LogP contribution in [0.2, 0.25) is 0 Å². The summed E-state index contributed by atoms with van der Waals surface area (Å²) in [7, 11) is 0. The summed E-state index contributed by atoms with van der Waals surface area (Å²) in [5.41, 5.74) is 7.85. The molecule has 0 aliphatic carbocycles. The van der Waals surface area contributed by atoms with E-state index in [9.17, 15) is 0 Å². The number of rotatable bonds is 4. The normalized spacial score (nSPS) is 11.4. The fourth-order valence-corrected chi connectivity index (χ4v) is 6.75. The molecule has 2 aromatic heterocycles. The summed E-state index contributed by atoms with van der Waals surface area (Å²) < 4.78 is 1.23. The van der Waals surface area contributed by atoms with Gasteiger partial charge in [-0.15, -0.1) is 11.3 Å². The van der Waals surface area contributed by atoms with Crippen LogP contribution in [0.15, 0.2) is 146 Å². The third-order valence-corrected chi connectivity index (χ3v) is 8.72. The van der Waals surface area contributed by atoms with Crippen molar-refractivity contribution in [3.05, 3.63) is 146 Å². The molecule has 3 heteroatoms. The first-order valence-electron chi connectivity index (χ1n) is 13.7. The molecule has 2 nitrogen and oxygen atoms in total. The van der Waals surface area contributed by atoms with Gasteiger partial charge in [0.1, 0.15) is 4.83 Å². The zero-order valence-electron chi connectivity index (χ0n) is 22.2. The lowest BCUT2D eigenvalue weighted by atomic mass is 9.96. The second kappa shape index (κ2) is 9.81. The van der Waals surface area contributed by atoms with E-state index in [4.69, 9.17) is 9.97 Å². The standard InChI is InChI=1S/C38H24N2S/c1-3-11-25(12-4-1)27-17-9-18-28(21-27)29-19-10-20-32(22-29)36-35-33-23-30-15-7-8-16-31(30)24-34(33)41-38(35)40-37(39-36)26-13-5-2-6-14-26/h1-24H. The summed E-state index contributed by atoms with van der Waals surface area (Å²) in [6, 6.07) is 51.5. The Morgan fingerprint density at radius 3 is 1.66 bits per heavy atom. The van der Waals surface area contributed by atoms with Gasteiger partial charge >= 0.3 is 0 Å². The van der Waals surface area contributed by atoms with Crippen molar-refractivity contribution >= 4 is 42.4 Å². The van der Waals surface area contributed by atoms with Gasteiger partial charge in [0.05, 0.1) is 5.69 Å². The average molecular weight is 541 g/mol. The summed E-state index contributed by atoms with van der Waals surface area (Å²) in [6.45, 7) is 0. The molecule has 0 aliphatic heterocycles. The van der Waals surface area contributed by atoms with Crippen molar-refractivity contribution < 1.29 is 0 Å². The molecule has 8 rings (SSSR count). The number of nitrogens with zero attached hydrogens (tertiary/aromatic N) is 2. The van der Waals surface area contributed by atoms with Crippen LogP contribution in [-0.4, -0.2) is 9.97 Å². The Morgan fingerprint density at radius 2 is 0.951 bits per heavy atom. The minimum atomic E-state index is 0.751. The van der Waals surface area contributed by atoms with E-state index in [0.29, 0.717) is 0 Å². The first-order chi connectivity index (χ1) is 20.3. The van der Waals surface area contributed by atoms with Crippen LogP contribution >= 0.6 is 11.3 Å². The SMILES string of the molecule is c1ccc(-c2cccc(-c3cccc(-c4nc(-c5ccccc5)nc5sc6cc7ccccc7cc6c45)c3)c2)cc1. The highest BCUT2D eigenvalue weighted by atomic mass is 32.1. The predicted molar refractivity (Wildman–Crippen MR) is 174 cm³/mol. The Labute approximate surface area is 242 Å². The first-order valence-corrected chi connectivity index (χ1v) is 14.6. The van der Waals surface area contributed by atoms with Crippen LogP contribution in [0.4, 0.5) is 0 Å². The van der Waals surface area contributed by atoms with Gasteiger partial charge in [-0.2, -0.15) is 0 Å². The molecule has 0 saturated heterocycles. The Bertz CT molecular complexity index is 2200. The van der Waals surface area contributed by atoms with Crippen molar-refractivity contribution in [3.63, 3.8) is 0 Å². The lowest BCUT2D eigenvalue weighted by Gasteiger charge is -2.11. The molecule has 192 valence electrons. The molecule has 0 radical (unpaired) electrons. The van der Waals surface area contributed by atoms with E-state index >= 15 is 0 Å². The molecule has 0 aliphatic rings. The van der Waals surface area contributed by atoms with Crippen molar-refractivity contribution in [1.82, 2.24) is 9.97 Å². The highest BCUT2D eigenvalue weighted by molar-refractivity contribution is 7.25. The van der Waals surface area contributed by atoms with E-state index in [2.05, 4.69) is 127 Å². The van der Waals surface area contributed by atoms with Crippen LogP contribution < -0.4 is 0 Å². The summed E-state index contributed by atoms with van der Waals surface area (Å²) in [5.74, 6) is 0.751. The summed E-state index contributed by atoms with van der Waals surface area (Å²) in [6.07, 6.45) is 0. The molecule has 6 aromatic carbocycles. The predicted octanol–water partition coefficient (Wildman–Crippen LogP) is 10.7. The summed E-state index contributed by atoms with van der Waals surface area (Å²) in [4.78, 5) is 11.3. The van der Waals surface area contributed by atoms with Crippen LogP contribution in [0, 0.1) is 0 Å². The van der Waals surface area contributed by atoms with Crippen LogP contribution in [0.5, 0.6) is 0 Å². The minimum Gasteiger partial charge on any atom is -0.227 e. The van der Waals surface area contributed by atoms with E-state index in [1.54, 1.807) is 11.3 Å². The molecule has 0 bridgehead atoms. The van der Waals surface area contributed by atoms with Crippen molar-refractivity contribution in [2.75, 3.05) is 0 Å². The van der Waals surface area contributed by atoms with Gasteiger partial charge in [-0.25, -0.2) is 9.97 Å². The van der Waals surface area contributed by atoms with E-state index in [-0.39, 0.29) is 0 Å². The largest absolute Gasteiger partial charge is 0.227 e. The number of aromatic nitrogens is 2. The second-order valence-corrected chi connectivity index (χ2v) is 11.3. The monoisotopic (exact) mass is 540 g/mol. The first kappa shape index (κ1) is 23.7. The molecule has 8 aromatic rings. The van der Waals surface area contributed by atoms with E-state index in [0.717, 1.165) is 32.9 Å². The smallest absolute Gasteiger partial charge is 0.161 e. The average Bonchev–Trinajstić information content (AvgIpc) is 3.41. The van der Waals surface area contributed by atoms with Crippen LogP contribution in [-0.2, 0) is 0 Å². The Hall–Kier alpha value is -5.12. The van der Waals surface area contributed by atoms with Crippen LogP contribution in [0.25, 0.3) is 76.0 Å². The summed E-state index contributed by atoms with van der Waals surface area (Å²) in [5, 5.41) is 4.79. The van der Waals surface area contributed by atoms with Gasteiger partial charge in [-0.3, -0.25) is 0 Å². The van der Waals surface area contributed by atoms with Crippen molar-refractivity contribution in [2.24, 2.45) is 0 Å². The highest BCUT2D eigenvalue weighted by Crippen LogP contribution is 2.41. The molecule has 0 spiro atoms. The summed E-state index contributed by atoms with van der Waals surface area (Å²) >= 11 is 1.74. The zero-order valence-corrected chi connectivity index (χ0v) is 23.0. The van der Waals surface area contributed by atoms with Gasteiger partial charge < -0.3 is 0 Å². The fourth-order valence-electron chi connectivity index (χ4n) is 5.64. The Kier molecular flexibility index (Phi) is 5.68. The number of hydrogen-bond acceptors (Lipinski definition) is 3. The molecular formula is C38H24N2S. The van der Waals surface area contributed by atoms with Gasteiger partial charge in [-0.1, -0.05) is 121 Å². The van der Waals surface area contributed by atoms with Crippen LogP contribution in [0.3, 0.4) is 0 Å². The van der Waals surface area contributed by atoms with Crippen molar-refractivity contribution in [3.8, 4) is 44.9 Å². The molecule has 0 unspecified atom stereocenters. The third-order valence-electron chi connectivity index (χ3n) is 7.67. The van der Waals surface area contributed by atoms with Crippen molar-refractivity contribution in [1.29, 1.82) is 0 Å². The number of hydrogen-bond donors (Lipinski definition) is 0. The molecular weight excluding hydrogens is 516 g/mol. The molecule has 0 amide bonds. The van der Waals surface area contributed by atoms with Gasteiger partial charge in [0, 0.05) is 26.6 Å². The molecule has 0 fully saturated rings. The van der Waals surface area contributed by atoms with Gasteiger partial charge in [0.25, 0.3) is 0 Å². The van der Waals surface area contributed by atoms with E-state index in [1.165, 1.54) is 43.1 Å². The van der Waals surface area contributed by atoms with Crippen molar-refractivity contribution in [2.45, 2.75) is 0 Å². The molecule has 0 saturated carbocycles. The second-order valence-electron chi connectivity index (χ2n) is 10.3. The Morgan fingerprint density at radius 1 is 0.415 bits per heavy atom. The maximum atomic E-state index is 5.24. The minimum absolute atomic E-state index is 0.751. The lowest BCUT2D eigenvalue weighted by Crippen LogP contribution is -1.94. The zero-order chi connectivity index (χ0) is 27.2. The molecule has 0 atom stereocenters. The van der Waals surface area contributed by atoms with Crippen LogP contribution in [0.1, 0.15) is 0 Å². The molecule has 2 heterocycles. The number of thiophene rings is 1. The molecule has 41 heavy (non-hydrogen) atoms. The lowest BCUT2D eigenvalue weighted by molar-refractivity contribution is 1.24. The third kappa shape index (κ3) is 4.28. The molecule has 0 N–H and O–H groups in total. The van der Waals surface area contributed by atoms with E-state index < -0.39 is 0 Å². The van der Waals surface area contributed by atoms with E-state index in [1.807, 2.05) is 18.2 Å². The number of benzene rings is 6. The topological polar surface area (TPSA) is 25.8 Å². The Balaban J connectivity index is 1.35. The van der Waals surface area contributed by atoms with Gasteiger partial charge in [0.2, 0.25) is 0 Å². The fraction of sp³-hybridized carbons (Fsp3) is 0. The maximum Gasteiger partial charge on any atom is 0.161 e.